The third kappa shape index (κ3) is 13.3. The predicted octanol–water partition coefficient (Wildman–Crippen LogP) is 4.02. The van der Waals surface area contributed by atoms with Crippen LogP contribution in [0.4, 0.5) is 0 Å². The van der Waals surface area contributed by atoms with Gasteiger partial charge in [0.25, 0.3) is 0 Å². The van der Waals surface area contributed by atoms with E-state index in [9.17, 15) is 0 Å². The molecule has 0 aromatic carbocycles. The van der Waals surface area contributed by atoms with Crippen molar-refractivity contribution >= 4 is 70.6 Å². The van der Waals surface area contributed by atoms with Gasteiger partial charge in [-0.1, -0.05) is 0 Å². The Morgan fingerprint density at radius 3 is 0.654 bits per heavy atom. The molecule has 3 saturated heterocycles. The molecule has 3 aliphatic heterocycles. The lowest BCUT2D eigenvalue weighted by atomic mass is 10.5. The highest BCUT2D eigenvalue weighted by molar-refractivity contribution is 8.03. The van der Waals surface area contributed by atoms with Crippen LogP contribution in [0.2, 0.25) is 0 Å². The Hall–Kier alpha value is 2.02. The molecule has 8 heteroatoms. The summed E-state index contributed by atoms with van der Waals surface area (Å²) in [6.45, 7) is 7.71. The minimum atomic E-state index is 1.29. The van der Waals surface area contributed by atoms with Crippen molar-refractivity contribution in [3.8, 4) is 0 Å². The first-order valence-electron chi connectivity index (χ1n) is 9.86. The zero-order valence-corrected chi connectivity index (χ0v) is 21.0. The Bertz CT molecular complexity index is 247. The first-order valence-corrected chi connectivity index (χ1v) is 16.8. The van der Waals surface area contributed by atoms with E-state index in [0.29, 0.717) is 0 Å². The molecular weight excluding hydrogens is 437 g/mol. The van der Waals surface area contributed by atoms with Crippen LogP contribution in [0, 0.1) is 0 Å². The molecule has 154 valence electrons. The molecule has 0 N–H and O–H groups in total. The molecule has 3 fully saturated rings. The van der Waals surface area contributed by atoms with Crippen molar-refractivity contribution in [2.24, 2.45) is 0 Å². The van der Waals surface area contributed by atoms with Crippen molar-refractivity contribution in [1.82, 2.24) is 9.80 Å². The topological polar surface area (TPSA) is 6.48 Å². The van der Waals surface area contributed by atoms with Crippen LogP contribution in [0.25, 0.3) is 0 Å². The van der Waals surface area contributed by atoms with E-state index in [2.05, 4.69) is 80.4 Å². The smallest absolute Gasteiger partial charge is 0.00730 e. The van der Waals surface area contributed by atoms with Crippen LogP contribution in [0.15, 0.2) is 0 Å². The third-order valence-corrected chi connectivity index (χ3v) is 11.0. The maximum Gasteiger partial charge on any atom is 0.00730 e. The summed E-state index contributed by atoms with van der Waals surface area (Å²) in [5.74, 6) is 15.8. The van der Waals surface area contributed by atoms with Crippen LogP contribution < -0.4 is 0 Å². The van der Waals surface area contributed by atoms with Gasteiger partial charge in [-0.2, -0.15) is 70.6 Å². The normalized spacial score (nSPS) is 30.5. The quantitative estimate of drug-likeness (QED) is 0.515. The summed E-state index contributed by atoms with van der Waals surface area (Å²) in [5.41, 5.74) is 0. The van der Waals surface area contributed by atoms with Crippen molar-refractivity contribution < 1.29 is 0 Å². The van der Waals surface area contributed by atoms with E-state index in [1.807, 2.05) is 0 Å². The van der Waals surface area contributed by atoms with Gasteiger partial charge >= 0.3 is 0 Å². The average Bonchev–Trinajstić information content (AvgIpc) is 2.65. The number of hydrogen-bond donors (Lipinski definition) is 0. The highest BCUT2D eigenvalue weighted by Gasteiger charge is 2.08. The fourth-order valence-corrected chi connectivity index (χ4v) is 9.18. The molecule has 26 heavy (non-hydrogen) atoms. The number of thioether (sulfide) groups is 6. The highest BCUT2D eigenvalue weighted by atomic mass is 32.2. The average molecular weight is 473 g/mol. The second-order valence-corrected chi connectivity index (χ2v) is 13.7. The van der Waals surface area contributed by atoms with E-state index in [-0.39, 0.29) is 0 Å². The van der Waals surface area contributed by atoms with Gasteiger partial charge in [0.15, 0.2) is 0 Å². The number of nitrogens with zero attached hydrogens (tertiary/aromatic N) is 2. The summed E-state index contributed by atoms with van der Waals surface area (Å²) in [4.78, 5) is 5.45. The van der Waals surface area contributed by atoms with Crippen molar-refractivity contribution in [1.29, 1.82) is 0 Å². The number of hydrogen-bond acceptors (Lipinski definition) is 8. The molecule has 0 aliphatic carbocycles. The van der Waals surface area contributed by atoms with Crippen LogP contribution in [-0.4, -0.2) is 118 Å². The van der Waals surface area contributed by atoms with Gasteiger partial charge in [0.05, 0.1) is 0 Å². The summed E-state index contributed by atoms with van der Waals surface area (Å²) < 4.78 is 0. The van der Waals surface area contributed by atoms with Crippen LogP contribution in [0.3, 0.4) is 0 Å². The first-order chi connectivity index (χ1) is 12.9. The molecule has 2 bridgehead atoms. The molecule has 0 spiro atoms. The first kappa shape index (κ1) is 24.3. The van der Waals surface area contributed by atoms with E-state index in [1.54, 1.807) is 0 Å². The summed E-state index contributed by atoms with van der Waals surface area (Å²) >= 11 is 13.0. The lowest BCUT2D eigenvalue weighted by Gasteiger charge is -2.23. The van der Waals surface area contributed by atoms with Crippen LogP contribution in [0.5, 0.6) is 0 Å². The molecule has 0 atom stereocenters. The zero-order chi connectivity index (χ0) is 18.1. The largest absolute Gasteiger partial charge is 0.301 e. The van der Waals surface area contributed by atoms with Crippen LogP contribution in [-0.2, 0) is 0 Å². The standard InChI is InChI=1S/C18H36N2S6/c1-7-21-13-14-24-10-4-20-5-11-25-17-15-22-8-2-19(1)3-9-23-16-18-26-12-6-20/h1-18H2. The minimum absolute atomic E-state index is 1.29. The van der Waals surface area contributed by atoms with Gasteiger partial charge < -0.3 is 9.80 Å². The van der Waals surface area contributed by atoms with E-state index >= 15 is 0 Å². The Kier molecular flexibility index (Phi) is 16.7. The molecule has 0 aromatic rings. The van der Waals surface area contributed by atoms with Gasteiger partial charge in [-0.3, -0.25) is 0 Å². The lowest BCUT2D eigenvalue weighted by molar-refractivity contribution is 0.329. The van der Waals surface area contributed by atoms with Gasteiger partial charge in [0.1, 0.15) is 0 Å². The second-order valence-electron chi connectivity index (χ2n) is 6.36. The van der Waals surface area contributed by atoms with Gasteiger partial charge in [-0.25, -0.2) is 0 Å². The molecule has 3 aliphatic rings. The van der Waals surface area contributed by atoms with Crippen molar-refractivity contribution in [3.63, 3.8) is 0 Å². The summed E-state index contributed by atoms with van der Waals surface area (Å²) in [7, 11) is 0. The minimum Gasteiger partial charge on any atom is -0.301 e. The van der Waals surface area contributed by atoms with Gasteiger partial charge in [0, 0.05) is 108 Å². The molecule has 0 aromatic heterocycles. The zero-order valence-electron chi connectivity index (χ0n) is 16.1. The predicted molar refractivity (Wildman–Crippen MR) is 137 cm³/mol. The van der Waals surface area contributed by atoms with Crippen molar-refractivity contribution in [2.45, 2.75) is 0 Å². The summed E-state index contributed by atoms with van der Waals surface area (Å²) in [6, 6.07) is 0. The van der Waals surface area contributed by atoms with E-state index in [0.717, 1.165) is 0 Å². The lowest BCUT2D eigenvalue weighted by Crippen LogP contribution is -2.32. The van der Waals surface area contributed by atoms with Gasteiger partial charge in [0.2, 0.25) is 0 Å². The van der Waals surface area contributed by atoms with Crippen LogP contribution in [0.1, 0.15) is 0 Å². The van der Waals surface area contributed by atoms with E-state index in [4.69, 9.17) is 0 Å². The SMILES string of the molecule is C1CSCCN2CCSCCSCCN(CCS1)CCSCCSCC2. The second kappa shape index (κ2) is 17.8. The Morgan fingerprint density at radius 1 is 0.269 bits per heavy atom. The maximum atomic E-state index is 2.73. The van der Waals surface area contributed by atoms with Crippen LogP contribution >= 0.6 is 70.6 Å². The van der Waals surface area contributed by atoms with Crippen molar-refractivity contribution in [3.05, 3.63) is 0 Å². The number of fused-ring (bicyclic) bond motifs is 21. The van der Waals surface area contributed by atoms with Gasteiger partial charge in [-0.05, 0) is 0 Å². The third-order valence-electron chi connectivity index (χ3n) is 4.43. The molecule has 3 heterocycles. The molecule has 0 saturated carbocycles. The summed E-state index contributed by atoms with van der Waals surface area (Å²) in [5, 5.41) is 0. The molecule has 2 nitrogen and oxygen atoms in total. The monoisotopic (exact) mass is 472 g/mol. The maximum absolute atomic E-state index is 2.73. The fourth-order valence-electron chi connectivity index (χ4n) is 2.80. The van der Waals surface area contributed by atoms with E-state index < -0.39 is 0 Å². The van der Waals surface area contributed by atoms with Crippen molar-refractivity contribution in [2.75, 3.05) is 108 Å². The Labute approximate surface area is 187 Å². The molecule has 0 amide bonds. The molecular formula is C18H36N2S6. The fraction of sp³-hybridized carbons (Fsp3) is 1.00. The Balaban J connectivity index is 1.87. The molecule has 3 rings (SSSR count). The van der Waals surface area contributed by atoms with E-state index in [1.165, 1.54) is 108 Å². The Morgan fingerprint density at radius 2 is 0.462 bits per heavy atom. The molecule has 0 unspecified atom stereocenters. The van der Waals surface area contributed by atoms with Gasteiger partial charge in [-0.15, -0.1) is 0 Å². The highest BCUT2D eigenvalue weighted by Crippen LogP contribution is 2.14. The number of rotatable bonds is 0. The molecule has 0 radical (unpaired) electrons. The summed E-state index contributed by atoms with van der Waals surface area (Å²) in [6.07, 6.45) is 0.